The highest BCUT2D eigenvalue weighted by Crippen LogP contribution is 2.35. The second kappa shape index (κ2) is 13.1. The fourth-order valence-electron chi connectivity index (χ4n) is 4.51. The molecule has 1 N–H and O–H groups in total. The average Bonchev–Trinajstić information content (AvgIpc) is 3.65. The van der Waals surface area contributed by atoms with Crippen molar-refractivity contribution >= 4 is 17.9 Å². The molecule has 1 saturated carbocycles. The van der Waals surface area contributed by atoms with E-state index in [0.29, 0.717) is 18.2 Å². The van der Waals surface area contributed by atoms with Crippen LogP contribution in [0.3, 0.4) is 0 Å². The van der Waals surface area contributed by atoms with Gasteiger partial charge in [0.25, 0.3) is 0 Å². The zero-order chi connectivity index (χ0) is 24.5. The molecule has 1 fully saturated rings. The van der Waals surface area contributed by atoms with Crippen LogP contribution in [0.1, 0.15) is 91.2 Å². The van der Waals surface area contributed by atoms with Crippen LogP contribution in [0.15, 0.2) is 47.0 Å². The van der Waals surface area contributed by atoms with E-state index in [1.165, 1.54) is 41.7 Å². The molecular weight excluding hydrogens is 442 g/mol. The average molecular weight is 482 g/mol. The lowest BCUT2D eigenvalue weighted by molar-refractivity contribution is 0.111. The highest BCUT2D eigenvalue weighted by atomic mass is 35.5. The SMILES string of the molecule is CC/C(Cl)=C\C=C(/C)Cn1nc(C=O)c2c1C(Cc1ccc(C)cc1)CCCC2.CNC1CC1. The van der Waals surface area contributed by atoms with Gasteiger partial charge in [-0.2, -0.15) is 5.10 Å². The first-order valence-electron chi connectivity index (χ1n) is 12.7. The van der Waals surface area contributed by atoms with E-state index in [1.54, 1.807) is 0 Å². The summed E-state index contributed by atoms with van der Waals surface area (Å²) in [5.41, 5.74) is 6.83. The summed E-state index contributed by atoms with van der Waals surface area (Å²) in [6.45, 7) is 6.94. The summed E-state index contributed by atoms with van der Waals surface area (Å²) in [5.74, 6) is 0.388. The smallest absolute Gasteiger partial charge is 0.170 e. The monoisotopic (exact) mass is 481 g/mol. The summed E-state index contributed by atoms with van der Waals surface area (Å²) >= 11 is 6.15. The van der Waals surface area contributed by atoms with E-state index in [0.717, 1.165) is 55.0 Å². The maximum absolute atomic E-state index is 11.7. The maximum atomic E-state index is 11.7. The molecule has 0 saturated heterocycles. The number of allylic oxidation sites excluding steroid dienone is 4. The number of nitrogens with one attached hydrogen (secondary N) is 1. The van der Waals surface area contributed by atoms with Gasteiger partial charge in [-0.15, -0.1) is 0 Å². The summed E-state index contributed by atoms with van der Waals surface area (Å²) < 4.78 is 2.07. The Hall–Kier alpha value is -2.17. The van der Waals surface area contributed by atoms with Crippen molar-refractivity contribution in [2.24, 2.45) is 0 Å². The van der Waals surface area contributed by atoms with Crippen LogP contribution in [0.2, 0.25) is 0 Å². The first kappa shape index (κ1) is 26.4. The van der Waals surface area contributed by atoms with Crippen molar-refractivity contribution < 1.29 is 4.79 Å². The van der Waals surface area contributed by atoms with Gasteiger partial charge in [-0.05, 0) is 77.5 Å². The zero-order valence-corrected chi connectivity index (χ0v) is 22.0. The number of aromatic nitrogens is 2. The van der Waals surface area contributed by atoms with Crippen LogP contribution < -0.4 is 5.32 Å². The summed E-state index contributed by atoms with van der Waals surface area (Å²) in [5, 5.41) is 8.68. The lowest BCUT2D eigenvalue weighted by Gasteiger charge is -2.19. The molecule has 184 valence electrons. The van der Waals surface area contributed by atoms with Crippen molar-refractivity contribution in [3.05, 3.63) is 75.1 Å². The lowest BCUT2D eigenvalue weighted by Crippen LogP contribution is -2.13. The number of aryl methyl sites for hydroxylation is 1. The van der Waals surface area contributed by atoms with Gasteiger partial charge in [0.15, 0.2) is 6.29 Å². The minimum atomic E-state index is 0.388. The molecule has 34 heavy (non-hydrogen) atoms. The third-order valence-corrected chi connectivity index (χ3v) is 7.12. The summed E-state index contributed by atoms with van der Waals surface area (Å²) in [7, 11) is 2.01. The van der Waals surface area contributed by atoms with Crippen LogP contribution in [0, 0.1) is 6.92 Å². The fraction of sp³-hybridized carbons (Fsp3) is 0.517. The Bertz CT molecular complexity index is 999. The summed E-state index contributed by atoms with van der Waals surface area (Å²) in [6.07, 6.45) is 13.9. The number of hydrogen-bond donors (Lipinski definition) is 1. The highest BCUT2D eigenvalue weighted by Gasteiger charge is 2.27. The van der Waals surface area contributed by atoms with E-state index in [9.17, 15) is 4.79 Å². The van der Waals surface area contributed by atoms with Gasteiger partial charge in [-0.1, -0.05) is 66.4 Å². The van der Waals surface area contributed by atoms with Crippen molar-refractivity contribution in [1.29, 1.82) is 0 Å². The minimum Gasteiger partial charge on any atom is -0.317 e. The Morgan fingerprint density at radius 2 is 1.91 bits per heavy atom. The molecule has 0 bridgehead atoms. The predicted molar refractivity (Wildman–Crippen MR) is 143 cm³/mol. The van der Waals surface area contributed by atoms with Gasteiger partial charge in [0, 0.05) is 28.2 Å². The van der Waals surface area contributed by atoms with E-state index in [1.807, 2.05) is 20.0 Å². The number of benzene rings is 1. The number of rotatable bonds is 8. The number of halogens is 1. The first-order valence-corrected chi connectivity index (χ1v) is 13.1. The van der Waals surface area contributed by atoms with E-state index < -0.39 is 0 Å². The van der Waals surface area contributed by atoms with Crippen LogP contribution in [-0.2, 0) is 19.4 Å². The topological polar surface area (TPSA) is 46.9 Å². The maximum Gasteiger partial charge on any atom is 0.170 e. The predicted octanol–water partition coefficient (Wildman–Crippen LogP) is 6.90. The second-order valence-electron chi connectivity index (χ2n) is 9.70. The van der Waals surface area contributed by atoms with Gasteiger partial charge in [0.2, 0.25) is 0 Å². The van der Waals surface area contributed by atoms with Gasteiger partial charge >= 0.3 is 0 Å². The Balaban J connectivity index is 0.000000574. The molecule has 0 amide bonds. The summed E-state index contributed by atoms with van der Waals surface area (Å²) in [6, 6.07) is 9.69. The standard InChI is InChI=1S/C25H31ClN2O.C4H9N/c1-4-22(26)14-11-19(3)16-28-25-21(15-20-12-9-18(2)10-13-20)7-5-6-8-23(25)24(17-29)27-28;1-5-4-2-3-4/h9-14,17,21H,4-8,15-16H2,1-3H3;4-5H,2-3H2,1H3/b19-11+,22-14+;. The van der Waals surface area contributed by atoms with E-state index in [-0.39, 0.29) is 0 Å². The molecule has 1 atom stereocenters. The van der Waals surface area contributed by atoms with Crippen LogP contribution in [0.25, 0.3) is 0 Å². The van der Waals surface area contributed by atoms with Gasteiger partial charge in [-0.3, -0.25) is 9.48 Å². The number of hydrogen-bond acceptors (Lipinski definition) is 3. The Morgan fingerprint density at radius 3 is 2.50 bits per heavy atom. The van der Waals surface area contributed by atoms with Crippen LogP contribution in [0.5, 0.6) is 0 Å². The third kappa shape index (κ3) is 7.68. The molecule has 1 aromatic heterocycles. The lowest BCUT2D eigenvalue weighted by atomic mass is 9.90. The van der Waals surface area contributed by atoms with E-state index >= 15 is 0 Å². The van der Waals surface area contributed by atoms with Crippen molar-refractivity contribution in [3.63, 3.8) is 0 Å². The Kier molecular flexibility index (Phi) is 10.2. The van der Waals surface area contributed by atoms with Gasteiger partial charge in [0.1, 0.15) is 5.69 Å². The number of carbonyl (C=O) groups is 1. The fourth-order valence-corrected chi connectivity index (χ4v) is 4.57. The quantitative estimate of drug-likeness (QED) is 0.253. The van der Waals surface area contributed by atoms with Crippen molar-refractivity contribution in [1.82, 2.24) is 15.1 Å². The molecule has 2 aliphatic carbocycles. The van der Waals surface area contributed by atoms with Crippen molar-refractivity contribution in [3.8, 4) is 0 Å². The molecule has 0 radical (unpaired) electrons. The molecular formula is C29H40ClN3O. The molecule has 2 aliphatic rings. The number of nitrogens with zero attached hydrogens (tertiary/aromatic N) is 2. The molecule has 2 aromatic rings. The molecule has 1 heterocycles. The van der Waals surface area contributed by atoms with Crippen molar-refractivity contribution in [2.45, 2.75) is 90.6 Å². The number of carbonyl (C=O) groups excluding carboxylic acids is 1. The van der Waals surface area contributed by atoms with E-state index in [4.69, 9.17) is 16.7 Å². The molecule has 5 heteroatoms. The number of fused-ring (bicyclic) bond motifs is 1. The molecule has 0 spiro atoms. The zero-order valence-electron chi connectivity index (χ0n) is 21.2. The van der Waals surface area contributed by atoms with Crippen molar-refractivity contribution in [2.75, 3.05) is 7.05 Å². The highest BCUT2D eigenvalue weighted by molar-refractivity contribution is 6.29. The van der Waals surface area contributed by atoms with Gasteiger partial charge in [0.05, 0.1) is 6.54 Å². The molecule has 0 aliphatic heterocycles. The first-order chi connectivity index (χ1) is 16.4. The Morgan fingerprint density at radius 1 is 1.18 bits per heavy atom. The van der Waals surface area contributed by atoms with Crippen LogP contribution in [0.4, 0.5) is 0 Å². The number of aldehydes is 1. The largest absolute Gasteiger partial charge is 0.317 e. The molecule has 1 unspecified atom stereocenters. The van der Waals surface area contributed by atoms with Gasteiger partial charge < -0.3 is 5.32 Å². The normalized spacial score (nSPS) is 18.6. The van der Waals surface area contributed by atoms with E-state index in [2.05, 4.69) is 54.2 Å². The second-order valence-corrected chi connectivity index (χ2v) is 10.2. The summed E-state index contributed by atoms with van der Waals surface area (Å²) in [4.78, 5) is 11.7. The molecule has 4 rings (SSSR count). The molecule has 4 nitrogen and oxygen atoms in total. The van der Waals surface area contributed by atoms with Crippen LogP contribution in [-0.4, -0.2) is 29.2 Å². The van der Waals surface area contributed by atoms with Crippen LogP contribution >= 0.6 is 11.6 Å². The van der Waals surface area contributed by atoms with Gasteiger partial charge in [-0.25, -0.2) is 0 Å². The molecule has 1 aromatic carbocycles. The minimum absolute atomic E-state index is 0.388. The third-order valence-electron chi connectivity index (χ3n) is 6.73. The Labute approximate surface area is 210 Å².